The number of aliphatic imine (C=N–C) groups is 1. The van der Waals surface area contributed by atoms with Gasteiger partial charge in [0, 0.05) is 40.2 Å². The summed E-state index contributed by atoms with van der Waals surface area (Å²) in [5, 5.41) is 6.68. The first kappa shape index (κ1) is 19.3. The van der Waals surface area contributed by atoms with Crippen molar-refractivity contribution in [2.75, 3.05) is 27.2 Å². The van der Waals surface area contributed by atoms with Gasteiger partial charge in [0.15, 0.2) is 5.96 Å². The SMILES string of the molecule is CCC1(CNC(=NC)NCCC(=O)N(C)Cc2ccccc2)CCC1. The molecule has 1 aromatic rings. The number of hydrogen-bond donors (Lipinski definition) is 2. The van der Waals surface area contributed by atoms with Gasteiger partial charge in [0.05, 0.1) is 0 Å². The summed E-state index contributed by atoms with van der Waals surface area (Å²) in [5.74, 6) is 0.925. The highest BCUT2D eigenvalue weighted by Crippen LogP contribution is 2.42. The van der Waals surface area contributed by atoms with Crippen molar-refractivity contribution in [1.29, 1.82) is 0 Å². The molecule has 1 aliphatic carbocycles. The Morgan fingerprint density at radius 1 is 1.24 bits per heavy atom. The Morgan fingerprint density at radius 3 is 2.52 bits per heavy atom. The van der Waals surface area contributed by atoms with Crippen LogP contribution < -0.4 is 10.6 Å². The van der Waals surface area contributed by atoms with E-state index in [9.17, 15) is 4.79 Å². The van der Waals surface area contributed by atoms with E-state index in [0.29, 0.717) is 24.9 Å². The Bertz CT molecular complexity index is 561. The van der Waals surface area contributed by atoms with Gasteiger partial charge in [-0.2, -0.15) is 0 Å². The Hall–Kier alpha value is -2.04. The quantitative estimate of drug-likeness (QED) is 0.563. The van der Waals surface area contributed by atoms with Gasteiger partial charge in [-0.3, -0.25) is 9.79 Å². The summed E-state index contributed by atoms with van der Waals surface area (Å²) in [6.07, 6.45) is 5.61. The molecule has 5 heteroatoms. The molecular weight excluding hydrogens is 312 g/mol. The number of guanidine groups is 1. The van der Waals surface area contributed by atoms with Crippen molar-refractivity contribution in [1.82, 2.24) is 15.5 Å². The van der Waals surface area contributed by atoms with Crippen molar-refractivity contribution >= 4 is 11.9 Å². The minimum Gasteiger partial charge on any atom is -0.356 e. The molecule has 1 aliphatic rings. The molecule has 2 N–H and O–H groups in total. The maximum absolute atomic E-state index is 12.3. The normalized spacial score (nSPS) is 16.0. The van der Waals surface area contributed by atoms with Crippen molar-refractivity contribution in [3.8, 4) is 0 Å². The zero-order chi connectivity index (χ0) is 18.1. The molecule has 5 nitrogen and oxygen atoms in total. The zero-order valence-corrected chi connectivity index (χ0v) is 15.8. The highest BCUT2D eigenvalue weighted by atomic mass is 16.2. The lowest BCUT2D eigenvalue weighted by molar-refractivity contribution is -0.130. The lowest BCUT2D eigenvalue weighted by Crippen LogP contribution is -2.46. The molecule has 2 rings (SSSR count). The van der Waals surface area contributed by atoms with Crippen molar-refractivity contribution in [2.24, 2.45) is 10.4 Å². The second-order valence-electron chi connectivity index (χ2n) is 7.05. The fourth-order valence-electron chi connectivity index (χ4n) is 3.25. The Balaban J connectivity index is 1.68. The van der Waals surface area contributed by atoms with Gasteiger partial charge >= 0.3 is 0 Å². The lowest BCUT2D eigenvalue weighted by Gasteiger charge is -2.41. The van der Waals surface area contributed by atoms with Crippen LogP contribution in [0.4, 0.5) is 0 Å². The molecule has 1 fully saturated rings. The summed E-state index contributed by atoms with van der Waals surface area (Å²) in [5.41, 5.74) is 1.60. The molecular formula is C20H32N4O. The van der Waals surface area contributed by atoms with Crippen LogP contribution in [0, 0.1) is 5.41 Å². The highest BCUT2D eigenvalue weighted by molar-refractivity contribution is 5.81. The number of amides is 1. The number of nitrogens with zero attached hydrogens (tertiary/aromatic N) is 2. The molecule has 0 atom stereocenters. The van der Waals surface area contributed by atoms with Crippen LogP contribution >= 0.6 is 0 Å². The van der Waals surface area contributed by atoms with Gasteiger partial charge in [0.1, 0.15) is 0 Å². The molecule has 0 bridgehead atoms. The number of rotatable bonds is 8. The van der Waals surface area contributed by atoms with E-state index in [0.717, 1.165) is 18.1 Å². The topological polar surface area (TPSA) is 56.7 Å². The van der Waals surface area contributed by atoms with E-state index in [1.165, 1.54) is 25.7 Å². The van der Waals surface area contributed by atoms with E-state index < -0.39 is 0 Å². The van der Waals surface area contributed by atoms with E-state index in [2.05, 4.69) is 22.5 Å². The van der Waals surface area contributed by atoms with Crippen molar-refractivity contribution in [2.45, 2.75) is 45.6 Å². The van der Waals surface area contributed by atoms with E-state index in [4.69, 9.17) is 0 Å². The fraction of sp³-hybridized carbons (Fsp3) is 0.600. The summed E-state index contributed by atoms with van der Waals surface area (Å²) < 4.78 is 0. The predicted molar refractivity (Wildman–Crippen MR) is 103 cm³/mol. The summed E-state index contributed by atoms with van der Waals surface area (Å²) in [6.45, 7) is 4.46. The summed E-state index contributed by atoms with van der Waals surface area (Å²) >= 11 is 0. The van der Waals surface area contributed by atoms with Crippen LogP contribution in [0.3, 0.4) is 0 Å². The molecule has 0 heterocycles. The van der Waals surface area contributed by atoms with Crippen LogP contribution in [0.5, 0.6) is 0 Å². The van der Waals surface area contributed by atoms with E-state index in [-0.39, 0.29) is 5.91 Å². The number of hydrogen-bond acceptors (Lipinski definition) is 2. The van der Waals surface area contributed by atoms with Gasteiger partial charge in [0.2, 0.25) is 5.91 Å². The van der Waals surface area contributed by atoms with Crippen molar-refractivity contribution < 1.29 is 4.79 Å². The van der Waals surface area contributed by atoms with Crippen LogP contribution in [0.15, 0.2) is 35.3 Å². The minimum absolute atomic E-state index is 0.135. The minimum atomic E-state index is 0.135. The lowest BCUT2D eigenvalue weighted by atomic mass is 9.67. The maximum Gasteiger partial charge on any atom is 0.224 e. The first-order valence-corrected chi connectivity index (χ1v) is 9.31. The molecule has 0 aromatic heterocycles. The summed E-state index contributed by atoms with van der Waals surface area (Å²) in [6, 6.07) is 10.1. The van der Waals surface area contributed by atoms with E-state index in [1.807, 2.05) is 37.4 Å². The van der Waals surface area contributed by atoms with E-state index in [1.54, 1.807) is 11.9 Å². The second-order valence-corrected chi connectivity index (χ2v) is 7.05. The Kier molecular flexibility index (Phi) is 7.29. The summed E-state index contributed by atoms with van der Waals surface area (Å²) in [7, 11) is 3.63. The smallest absolute Gasteiger partial charge is 0.224 e. The van der Waals surface area contributed by atoms with Crippen molar-refractivity contribution in [3.05, 3.63) is 35.9 Å². The monoisotopic (exact) mass is 344 g/mol. The molecule has 0 saturated heterocycles. The average molecular weight is 345 g/mol. The van der Waals surface area contributed by atoms with Crippen molar-refractivity contribution in [3.63, 3.8) is 0 Å². The van der Waals surface area contributed by atoms with Gasteiger partial charge in [0.25, 0.3) is 0 Å². The van der Waals surface area contributed by atoms with Gasteiger partial charge in [-0.05, 0) is 30.2 Å². The van der Waals surface area contributed by atoms with E-state index >= 15 is 0 Å². The van der Waals surface area contributed by atoms with Crippen LogP contribution in [0.2, 0.25) is 0 Å². The first-order chi connectivity index (χ1) is 12.1. The molecule has 0 radical (unpaired) electrons. The molecule has 1 saturated carbocycles. The maximum atomic E-state index is 12.3. The number of carbonyl (C=O) groups is 1. The third kappa shape index (κ3) is 5.76. The average Bonchev–Trinajstić information content (AvgIpc) is 2.60. The van der Waals surface area contributed by atoms with Gasteiger partial charge in [-0.15, -0.1) is 0 Å². The van der Waals surface area contributed by atoms with Gasteiger partial charge in [-0.1, -0.05) is 43.7 Å². The van der Waals surface area contributed by atoms with Crippen LogP contribution in [-0.2, 0) is 11.3 Å². The number of benzene rings is 1. The third-order valence-electron chi connectivity index (χ3n) is 5.34. The Labute approximate surface area is 151 Å². The fourth-order valence-corrected chi connectivity index (χ4v) is 3.25. The molecule has 138 valence electrons. The number of carbonyl (C=O) groups excluding carboxylic acids is 1. The molecule has 0 unspecified atom stereocenters. The second kappa shape index (κ2) is 9.44. The van der Waals surface area contributed by atoms with Gasteiger partial charge in [-0.25, -0.2) is 0 Å². The highest BCUT2D eigenvalue weighted by Gasteiger charge is 2.34. The summed E-state index contributed by atoms with van der Waals surface area (Å²) in [4.78, 5) is 18.3. The van der Waals surface area contributed by atoms with Crippen LogP contribution in [-0.4, -0.2) is 44.0 Å². The predicted octanol–water partition coefficient (Wildman–Crippen LogP) is 2.78. The third-order valence-corrected chi connectivity index (χ3v) is 5.34. The molecule has 0 spiro atoms. The zero-order valence-electron chi connectivity index (χ0n) is 15.8. The number of nitrogens with one attached hydrogen (secondary N) is 2. The molecule has 1 amide bonds. The van der Waals surface area contributed by atoms with Crippen LogP contribution in [0.25, 0.3) is 0 Å². The standard InChI is InChI=1S/C20H32N4O/c1-4-20(12-8-13-20)16-23-19(21-2)22-14-11-18(25)24(3)15-17-9-6-5-7-10-17/h5-7,9-10H,4,8,11-16H2,1-3H3,(H2,21,22,23). The first-order valence-electron chi connectivity index (χ1n) is 9.31. The van der Waals surface area contributed by atoms with Crippen LogP contribution in [0.1, 0.15) is 44.6 Å². The largest absolute Gasteiger partial charge is 0.356 e. The van der Waals surface area contributed by atoms with Gasteiger partial charge < -0.3 is 15.5 Å². The molecule has 1 aromatic carbocycles. The molecule has 0 aliphatic heterocycles. The molecule has 25 heavy (non-hydrogen) atoms. The Morgan fingerprint density at radius 2 is 1.96 bits per heavy atom.